The normalized spacial score (nSPS) is 28.9. The largest absolute Gasteiger partial charge is 0.476 e. The van der Waals surface area contributed by atoms with Gasteiger partial charge in [0.15, 0.2) is 0 Å². The third-order valence-electron chi connectivity index (χ3n) is 11.5. The monoisotopic (exact) mass is 836 g/mol. The highest BCUT2D eigenvalue weighted by molar-refractivity contribution is 7.91. The van der Waals surface area contributed by atoms with Gasteiger partial charge in [-0.3, -0.25) is 19.1 Å². The van der Waals surface area contributed by atoms with Crippen LogP contribution in [0.4, 0.5) is 18.0 Å². The first-order chi connectivity index (χ1) is 27.3. The summed E-state index contributed by atoms with van der Waals surface area (Å²) >= 11 is 0. The van der Waals surface area contributed by atoms with E-state index in [0.29, 0.717) is 69.8 Å². The molecular weight excluding hydrogens is 786 g/mol. The number of alkyl halides is 3. The summed E-state index contributed by atoms with van der Waals surface area (Å²) in [4.78, 5) is 57.6. The average molecular weight is 837 g/mol. The van der Waals surface area contributed by atoms with E-state index in [0.717, 1.165) is 0 Å². The first kappa shape index (κ1) is 42.9. The van der Waals surface area contributed by atoms with Gasteiger partial charge in [0.1, 0.15) is 23.7 Å². The van der Waals surface area contributed by atoms with Gasteiger partial charge in [0, 0.05) is 12.3 Å². The molecule has 7 atom stereocenters. The topological polar surface area (TPSA) is 195 Å². The molecule has 3 N–H and O–H groups in total. The van der Waals surface area contributed by atoms with Gasteiger partial charge >= 0.3 is 12.3 Å². The van der Waals surface area contributed by atoms with E-state index in [1.165, 1.54) is 4.90 Å². The van der Waals surface area contributed by atoms with Crippen molar-refractivity contribution in [1.82, 2.24) is 30.5 Å². The minimum absolute atomic E-state index is 0.0351. The number of allylic oxidation sites excluding steroid dienone is 1. The number of alkyl carbamates (subject to hydrolysis) is 1. The average Bonchev–Trinajstić information content (AvgIpc) is 4.08. The Hall–Kier alpha value is -4.68. The van der Waals surface area contributed by atoms with Crippen LogP contribution in [0.5, 0.6) is 11.8 Å². The van der Waals surface area contributed by atoms with E-state index in [-0.39, 0.29) is 37.1 Å². The van der Waals surface area contributed by atoms with Crippen LogP contribution in [0.3, 0.4) is 0 Å². The Kier molecular flexibility index (Phi) is 12.2. The van der Waals surface area contributed by atoms with E-state index in [4.69, 9.17) is 14.2 Å². The molecule has 1 saturated heterocycles. The zero-order valence-electron chi connectivity index (χ0n) is 33.1. The molecule has 1 aromatic carbocycles. The molecule has 0 unspecified atom stereocenters. The van der Waals surface area contributed by atoms with Gasteiger partial charge in [-0.05, 0) is 83.3 Å². The Bertz CT molecular complexity index is 2050. The van der Waals surface area contributed by atoms with Gasteiger partial charge in [-0.25, -0.2) is 13.2 Å². The van der Waals surface area contributed by atoms with Gasteiger partial charge in [-0.15, -0.1) is 10.2 Å². The molecular formula is C39H51F3N6O9S. The molecule has 0 bridgehead atoms. The van der Waals surface area contributed by atoms with Gasteiger partial charge in [-0.1, -0.05) is 44.6 Å². The number of amides is 4. The summed E-state index contributed by atoms with van der Waals surface area (Å²) in [6.07, 6.45) is -0.962. The number of ether oxygens (including phenoxy) is 3. The second kappa shape index (κ2) is 16.5. The van der Waals surface area contributed by atoms with Crippen molar-refractivity contribution >= 4 is 44.6 Å². The minimum Gasteiger partial charge on any atom is -0.476 e. The molecule has 15 nitrogen and oxygen atoms in total. The predicted molar refractivity (Wildman–Crippen MR) is 204 cm³/mol. The number of sulfonamides is 1. The second-order valence-electron chi connectivity index (χ2n) is 16.3. The maximum atomic E-state index is 14.9. The minimum atomic E-state index is -4.92. The third kappa shape index (κ3) is 9.13. The summed E-state index contributed by atoms with van der Waals surface area (Å²) in [5, 5.41) is 14.0. The van der Waals surface area contributed by atoms with Crippen LogP contribution < -0.4 is 24.8 Å². The van der Waals surface area contributed by atoms with Crippen LogP contribution in [0.2, 0.25) is 0 Å². The number of hydrogen-bond donors (Lipinski definition) is 3. The Morgan fingerprint density at radius 1 is 1.03 bits per heavy atom. The molecule has 6 rings (SSSR count). The Morgan fingerprint density at radius 2 is 1.71 bits per heavy atom. The number of aromatic nitrogens is 2. The molecule has 1 aromatic heterocycles. The number of benzene rings is 1. The molecule has 4 aliphatic rings. The van der Waals surface area contributed by atoms with Gasteiger partial charge in [0.25, 0.3) is 5.91 Å². The first-order valence-corrected chi connectivity index (χ1v) is 21.3. The molecule has 2 aromatic rings. The second-order valence-corrected chi connectivity index (χ2v) is 18.2. The molecule has 4 amide bonds. The van der Waals surface area contributed by atoms with Gasteiger partial charge in [-0.2, -0.15) is 13.2 Å². The van der Waals surface area contributed by atoms with Crippen molar-refractivity contribution < 1.29 is 55.0 Å². The summed E-state index contributed by atoms with van der Waals surface area (Å²) in [6, 6.07) is 4.30. The SMILES string of the molecule is CCOc1nnc(O[C@@H]2C[C@H]3C(=O)N[C@]4(C(=O)NS(=O)(=O)C5CC5)C[C@H]4/C=C\CC[C@H](C)C[C@@H](CC)[C@H](NC(=O)OC(C)(C)C(F)(F)F)C(=O)N3C2)c2ccccc12. The number of fused-ring (bicyclic) bond motifs is 3. The summed E-state index contributed by atoms with van der Waals surface area (Å²) in [5.41, 5.74) is -4.52. The highest BCUT2D eigenvalue weighted by atomic mass is 32.2. The van der Waals surface area contributed by atoms with E-state index >= 15 is 0 Å². The van der Waals surface area contributed by atoms with Crippen molar-refractivity contribution in [3.8, 4) is 11.8 Å². The Balaban J connectivity index is 1.37. The molecule has 2 aliphatic carbocycles. The van der Waals surface area contributed by atoms with Crippen molar-refractivity contribution in [2.24, 2.45) is 17.8 Å². The number of nitrogens with one attached hydrogen (secondary N) is 3. The number of hydrogen-bond acceptors (Lipinski definition) is 11. The number of carbonyl (C=O) groups is 4. The lowest BCUT2D eigenvalue weighted by Crippen LogP contribution is -2.59. The van der Waals surface area contributed by atoms with Crippen LogP contribution >= 0.6 is 0 Å². The van der Waals surface area contributed by atoms with Crippen molar-refractivity contribution in [2.45, 2.75) is 127 Å². The molecule has 0 spiro atoms. The Morgan fingerprint density at radius 3 is 2.34 bits per heavy atom. The van der Waals surface area contributed by atoms with E-state index in [9.17, 15) is 40.8 Å². The number of carbonyl (C=O) groups excluding carboxylic acids is 4. The fraction of sp³-hybridized carbons (Fsp3) is 0.641. The summed E-state index contributed by atoms with van der Waals surface area (Å²) < 4.78 is 86.1. The predicted octanol–water partition coefficient (Wildman–Crippen LogP) is 4.70. The summed E-state index contributed by atoms with van der Waals surface area (Å²) in [6.45, 7) is 7.03. The van der Waals surface area contributed by atoms with Crippen molar-refractivity contribution in [3.63, 3.8) is 0 Å². The third-order valence-corrected chi connectivity index (χ3v) is 13.3. The molecule has 19 heteroatoms. The van der Waals surface area contributed by atoms with Gasteiger partial charge < -0.3 is 29.7 Å². The fourth-order valence-corrected chi connectivity index (χ4v) is 9.07. The molecule has 2 saturated carbocycles. The zero-order valence-corrected chi connectivity index (χ0v) is 34.0. The molecule has 0 radical (unpaired) electrons. The molecule has 318 valence electrons. The maximum Gasteiger partial charge on any atom is 0.427 e. The van der Waals surface area contributed by atoms with Gasteiger partial charge in [0.2, 0.25) is 39.2 Å². The van der Waals surface area contributed by atoms with Crippen molar-refractivity contribution in [3.05, 3.63) is 36.4 Å². The molecule has 3 heterocycles. The highest BCUT2D eigenvalue weighted by Crippen LogP contribution is 2.46. The lowest BCUT2D eigenvalue weighted by molar-refractivity contribution is -0.244. The van der Waals surface area contributed by atoms with Crippen LogP contribution in [-0.4, -0.2) is 101 Å². The van der Waals surface area contributed by atoms with E-state index in [1.54, 1.807) is 44.2 Å². The number of halogens is 3. The van der Waals surface area contributed by atoms with E-state index < -0.39 is 86.4 Å². The van der Waals surface area contributed by atoms with Crippen molar-refractivity contribution in [1.29, 1.82) is 0 Å². The van der Waals surface area contributed by atoms with Gasteiger partial charge in [0.05, 0.1) is 29.2 Å². The molecule has 58 heavy (non-hydrogen) atoms. The Labute approximate surface area is 335 Å². The highest BCUT2D eigenvalue weighted by Gasteiger charge is 2.62. The molecule has 2 aliphatic heterocycles. The first-order valence-electron chi connectivity index (χ1n) is 19.8. The van der Waals surface area contributed by atoms with E-state index in [2.05, 4.69) is 25.6 Å². The molecule has 3 fully saturated rings. The summed E-state index contributed by atoms with van der Waals surface area (Å²) in [5.74, 6) is -3.26. The lowest BCUT2D eigenvalue weighted by Gasteiger charge is -2.35. The van der Waals surface area contributed by atoms with Crippen LogP contribution in [0.15, 0.2) is 36.4 Å². The number of nitrogens with zero attached hydrogens (tertiary/aromatic N) is 3. The maximum absolute atomic E-state index is 14.9. The van der Waals surface area contributed by atoms with Crippen LogP contribution in [0, 0.1) is 17.8 Å². The lowest BCUT2D eigenvalue weighted by atomic mass is 9.85. The van der Waals surface area contributed by atoms with Crippen LogP contribution in [-0.2, 0) is 29.1 Å². The summed E-state index contributed by atoms with van der Waals surface area (Å²) in [7, 11) is -3.99. The smallest absolute Gasteiger partial charge is 0.427 e. The number of rotatable bonds is 10. The quantitative estimate of drug-likeness (QED) is 0.281. The fourth-order valence-electron chi connectivity index (χ4n) is 7.71. The van der Waals surface area contributed by atoms with Crippen LogP contribution in [0.1, 0.15) is 86.0 Å². The van der Waals surface area contributed by atoms with Crippen molar-refractivity contribution in [2.75, 3.05) is 13.2 Å². The van der Waals surface area contributed by atoms with Crippen LogP contribution in [0.25, 0.3) is 10.8 Å². The van der Waals surface area contributed by atoms with E-state index in [1.807, 2.05) is 13.0 Å². The zero-order chi connectivity index (χ0) is 42.2. The standard InChI is InChI=1S/C39H51F3N6O9S/c1-6-23-18-22(3)12-8-9-13-24-20-38(24,35(51)47-58(53,54)26-16-17-26)44-31(49)29-19-25(56-33-28-15-11-10-14-27(28)32(45-46-33)55-7-2)21-48(29)34(50)30(23)43-36(52)57-37(4,5)39(40,41)42/h9-11,13-15,22-26,29-30H,6-8,12,16-21H2,1-5H3,(H,43,52)(H,44,49)(H,47,51)/b13-9-/t22-,23+,24+,25+,29-,30-,38+/m0/s1.